The Morgan fingerprint density at radius 3 is 2.46 bits per heavy atom. The highest BCUT2D eigenvalue weighted by atomic mass is 19.3. The van der Waals surface area contributed by atoms with Crippen molar-refractivity contribution in [1.29, 1.82) is 0 Å². The van der Waals surface area contributed by atoms with Crippen LogP contribution in [-0.4, -0.2) is 56.7 Å². The predicted molar refractivity (Wildman–Crippen MR) is 141 cm³/mol. The maximum Gasteiger partial charge on any atom is 0.287 e. The fourth-order valence-electron chi connectivity index (χ4n) is 6.14. The third-order valence-corrected chi connectivity index (χ3v) is 8.34. The molecule has 1 saturated heterocycles. The van der Waals surface area contributed by atoms with Gasteiger partial charge in [0.25, 0.3) is 5.92 Å². The Labute approximate surface area is 218 Å². The van der Waals surface area contributed by atoms with Crippen molar-refractivity contribution in [2.45, 2.75) is 95.1 Å². The van der Waals surface area contributed by atoms with Crippen molar-refractivity contribution in [1.82, 2.24) is 19.9 Å². The fraction of sp³-hybridized carbons (Fsp3) is 0.679. The van der Waals surface area contributed by atoms with Crippen LogP contribution in [0, 0.1) is 5.92 Å². The molecular formula is C28H40F2N6O. The molecule has 1 aliphatic heterocycles. The Balaban J connectivity index is 1.31. The average Bonchev–Trinajstić information content (AvgIpc) is 3.39. The molecule has 0 aromatic carbocycles. The van der Waals surface area contributed by atoms with E-state index in [1.807, 2.05) is 6.20 Å². The lowest BCUT2D eigenvalue weighted by Gasteiger charge is -2.34. The molecule has 3 heterocycles. The van der Waals surface area contributed by atoms with Gasteiger partial charge in [-0.15, -0.1) is 0 Å². The third kappa shape index (κ3) is 6.93. The normalized spacial score (nSPS) is 24.3. The minimum atomic E-state index is -3.02. The van der Waals surface area contributed by atoms with Crippen LogP contribution >= 0.6 is 0 Å². The van der Waals surface area contributed by atoms with Gasteiger partial charge in [-0.05, 0) is 88.4 Å². The summed E-state index contributed by atoms with van der Waals surface area (Å²) in [6.45, 7) is 4.27. The second-order valence-electron chi connectivity index (χ2n) is 11.3. The van der Waals surface area contributed by atoms with Gasteiger partial charge in [-0.25, -0.2) is 4.98 Å². The summed E-state index contributed by atoms with van der Waals surface area (Å²) in [6.07, 6.45) is 14.1. The van der Waals surface area contributed by atoms with Gasteiger partial charge in [-0.1, -0.05) is 12.8 Å². The van der Waals surface area contributed by atoms with Gasteiger partial charge in [-0.2, -0.15) is 13.8 Å². The lowest BCUT2D eigenvalue weighted by Crippen LogP contribution is -2.36. The maximum absolute atomic E-state index is 13.8. The Morgan fingerprint density at radius 1 is 1.03 bits per heavy atom. The Hall–Kier alpha value is -2.39. The topological polar surface area (TPSA) is 86.2 Å². The van der Waals surface area contributed by atoms with Crippen molar-refractivity contribution >= 4 is 17.5 Å². The summed E-state index contributed by atoms with van der Waals surface area (Å²) >= 11 is 0. The van der Waals surface area contributed by atoms with E-state index in [1.54, 1.807) is 6.07 Å². The van der Waals surface area contributed by atoms with Crippen LogP contribution < -0.4 is 10.6 Å². The molecule has 37 heavy (non-hydrogen) atoms. The second-order valence-corrected chi connectivity index (χ2v) is 11.3. The number of hydrogen-bond donors (Lipinski definition) is 3. The Bertz CT molecular complexity index is 1030. The van der Waals surface area contributed by atoms with Gasteiger partial charge in [-0.3, -0.25) is 4.98 Å². The van der Waals surface area contributed by atoms with Crippen LogP contribution in [0.25, 0.3) is 0 Å². The average molecular weight is 515 g/mol. The molecule has 3 N–H and O–H groups in total. The number of aromatic nitrogens is 3. The minimum Gasteiger partial charge on any atom is -0.393 e. The summed E-state index contributed by atoms with van der Waals surface area (Å²) in [5, 5.41) is 16.7. The van der Waals surface area contributed by atoms with Crippen LogP contribution in [0.5, 0.6) is 0 Å². The van der Waals surface area contributed by atoms with E-state index < -0.39 is 5.92 Å². The van der Waals surface area contributed by atoms with Crippen LogP contribution in [0.2, 0.25) is 0 Å². The number of nitrogens with zero attached hydrogens (tertiary/aromatic N) is 4. The molecule has 3 fully saturated rings. The monoisotopic (exact) mass is 514 g/mol. The first kappa shape index (κ1) is 26.2. The van der Waals surface area contributed by atoms with Crippen LogP contribution in [0.1, 0.15) is 88.3 Å². The quantitative estimate of drug-likeness (QED) is 0.410. The standard InChI is InChI=1S/C28H40F2N6O/c1-28(29,30)25-16-22(10-13-31-25)34-27-32-17-24(26(35-27)33-21-6-8-23(37)9-7-21)20-11-14-36(15-12-20)18-19-4-2-3-5-19/h10,13,16-17,19-21,23,37H,2-9,11-12,14-15,18H2,1H3,(H2,31,32,33,34,35)/t21-,23-. The molecule has 0 bridgehead atoms. The largest absolute Gasteiger partial charge is 0.393 e. The van der Waals surface area contributed by atoms with Crippen molar-refractivity contribution in [3.05, 3.63) is 35.8 Å². The molecule has 2 saturated carbocycles. The minimum absolute atomic E-state index is 0.220. The van der Waals surface area contributed by atoms with Crippen LogP contribution in [0.3, 0.4) is 0 Å². The van der Waals surface area contributed by atoms with Crippen molar-refractivity contribution in [2.75, 3.05) is 30.3 Å². The summed E-state index contributed by atoms with van der Waals surface area (Å²) < 4.78 is 27.5. The molecule has 2 aliphatic carbocycles. The molecule has 0 unspecified atom stereocenters. The molecular weight excluding hydrogens is 474 g/mol. The number of nitrogens with one attached hydrogen (secondary N) is 2. The van der Waals surface area contributed by atoms with Crippen LogP contribution in [-0.2, 0) is 5.92 Å². The van der Waals surface area contributed by atoms with Crippen LogP contribution in [0.15, 0.2) is 24.5 Å². The Kier molecular flexibility index (Phi) is 8.19. The van der Waals surface area contributed by atoms with Gasteiger partial charge < -0.3 is 20.6 Å². The molecule has 202 valence electrons. The van der Waals surface area contributed by atoms with E-state index in [1.165, 1.54) is 44.5 Å². The van der Waals surface area contributed by atoms with Crippen molar-refractivity contribution in [3.63, 3.8) is 0 Å². The Morgan fingerprint density at radius 2 is 1.76 bits per heavy atom. The molecule has 2 aromatic rings. The molecule has 0 spiro atoms. The number of rotatable bonds is 8. The lowest BCUT2D eigenvalue weighted by atomic mass is 9.89. The summed E-state index contributed by atoms with van der Waals surface area (Å²) in [5.74, 6) is -0.573. The van der Waals surface area contributed by atoms with E-state index in [2.05, 4.69) is 25.5 Å². The number of halogens is 2. The molecule has 9 heteroatoms. The van der Waals surface area contributed by atoms with Crippen molar-refractivity contribution in [2.24, 2.45) is 5.92 Å². The zero-order valence-electron chi connectivity index (χ0n) is 21.8. The zero-order valence-corrected chi connectivity index (χ0v) is 21.8. The molecule has 0 atom stereocenters. The first-order chi connectivity index (χ1) is 17.8. The number of hydrogen-bond acceptors (Lipinski definition) is 7. The molecule has 0 radical (unpaired) electrons. The number of piperidine rings is 1. The number of likely N-dealkylation sites (tertiary alicyclic amines) is 1. The number of aliphatic hydroxyl groups is 1. The van der Waals surface area contributed by atoms with E-state index in [0.717, 1.165) is 75.8 Å². The van der Waals surface area contributed by atoms with Gasteiger partial charge in [0.1, 0.15) is 11.5 Å². The number of alkyl halides is 2. The van der Waals surface area contributed by atoms with E-state index in [0.29, 0.717) is 17.6 Å². The number of aliphatic hydroxyl groups excluding tert-OH is 1. The highest BCUT2D eigenvalue weighted by Gasteiger charge is 2.29. The predicted octanol–water partition coefficient (Wildman–Crippen LogP) is 5.81. The highest BCUT2D eigenvalue weighted by molar-refractivity contribution is 5.57. The second kappa shape index (κ2) is 11.6. The third-order valence-electron chi connectivity index (χ3n) is 8.34. The summed E-state index contributed by atoms with van der Waals surface area (Å²) in [4.78, 5) is 15.8. The van der Waals surface area contributed by atoms with Crippen LogP contribution in [0.4, 0.5) is 26.2 Å². The van der Waals surface area contributed by atoms with Gasteiger partial charge in [0.15, 0.2) is 0 Å². The molecule has 0 amide bonds. The smallest absolute Gasteiger partial charge is 0.287 e. The molecule has 7 nitrogen and oxygen atoms in total. The maximum atomic E-state index is 13.8. The highest BCUT2D eigenvalue weighted by Crippen LogP contribution is 2.35. The van der Waals surface area contributed by atoms with Crippen molar-refractivity contribution in [3.8, 4) is 0 Å². The summed E-state index contributed by atoms with van der Waals surface area (Å²) in [5.41, 5.74) is 1.32. The first-order valence-electron chi connectivity index (χ1n) is 14.0. The summed E-state index contributed by atoms with van der Waals surface area (Å²) in [7, 11) is 0. The zero-order chi connectivity index (χ0) is 25.8. The van der Waals surface area contributed by atoms with Gasteiger partial charge in [0.2, 0.25) is 5.95 Å². The number of pyridine rings is 1. The van der Waals surface area contributed by atoms with Gasteiger partial charge in [0.05, 0.1) is 6.10 Å². The van der Waals surface area contributed by atoms with Crippen molar-refractivity contribution < 1.29 is 13.9 Å². The van der Waals surface area contributed by atoms with E-state index >= 15 is 0 Å². The molecule has 2 aromatic heterocycles. The molecule has 3 aliphatic rings. The van der Waals surface area contributed by atoms with E-state index in [-0.39, 0.29) is 17.8 Å². The van der Waals surface area contributed by atoms with E-state index in [9.17, 15) is 13.9 Å². The SMILES string of the molecule is CC(F)(F)c1cc(Nc2ncc(C3CCN(CC4CCCC4)CC3)c(N[C@H]3CC[C@H](O)CC3)n2)ccn1. The van der Waals surface area contributed by atoms with Gasteiger partial charge in [0, 0.05) is 43.2 Å². The fourth-order valence-corrected chi connectivity index (χ4v) is 6.14. The molecule has 5 rings (SSSR count). The summed E-state index contributed by atoms with van der Waals surface area (Å²) in [6, 6.07) is 3.23. The van der Waals surface area contributed by atoms with Gasteiger partial charge >= 0.3 is 0 Å². The van der Waals surface area contributed by atoms with E-state index in [4.69, 9.17) is 4.98 Å². The first-order valence-corrected chi connectivity index (χ1v) is 14.0. The lowest BCUT2D eigenvalue weighted by molar-refractivity contribution is 0.0128. The number of anilines is 3.